The van der Waals surface area contributed by atoms with Gasteiger partial charge in [0.2, 0.25) is 0 Å². The SMILES string of the molecule is CC(Cc1ccsc1)Nc1ccc(C#N)c(F)c1F. The first kappa shape index (κ1) is 13.5. The fourth-order valence-electron chi connectivity index (χ4n) is 1.83. The monoisotopic (exact) mass is 278 g/mol. The standard InChI is InChI=1S/C14H12F2N2S/c1-9(6-10-4-5-19-8-10)18-12-3-2-11(7-17)13(15)14(12)16/h2-5,8-9,18H,6H2,1H3. The first-order chi connectivity index (χ1) is 9.11. The molecule has 1 aromatic carbocycles. The second-order valence-corrected chi connectivity index (χ2v) is 5.06. The summed E-state index contributed by atoms with van der Waals surface area (Å²) in [6, 6.07) is 6.24. The van der Waals surface area contributed by atoms with Gasteiger partial charge in [-0.1, -0.05) is 0 Å². The smallest absolute Gasteiger partial charge is 0.183 e. The Morgan fingerprint density at radius 1 is 1.32 bits per heavy atom. The largest absolute Gasteiger partial charge is 0.380 e. The van der Waals surface area contributed by atoms with Crippen molar-refractivity contribution in [2.75, 3.05) is 5.32 Å². The van der Waals surface area contributed by atoms with Crippen LogP contribution in [0, 0.1) is 23.0 Å². The molecule has 0 saturated heterocycles. The lowest BCUT2D eigenvalue weighted by Gasteiger charge is -2.15. The van der Waals surface area contributed by atoms with Crippen LogP contribution in [-0.4, -0.2) is 6.04 Å². The molecule has 2 aromatic rings. The van der Waals surface area contributed by atoms with Gasteiger partial charge in [0, 0.05) is 6.04 Å². The highest BCUT2D eigenvalue weighted by Crippen LogP contribution is 2.21. The zero-order valence-electron chi connectivity index (χ0n) is 10.3. The number of anilines is 1. The Kier molecular flexibility index (Phi) is 4.13. The van der Waals surface area contributed by atoms with Crippen molar-refractivity contribution in [1.82, 2.24) is 0 Å². The summed E-state index contributed by atoms with van der Waals surface area (Å²) in [5.41, 5.74) is 0.951. The van der Waals surface area contributed by atoms with Gasteiger partial charge in [-0.15, -0.1) is 0 Å². The molecule has 0 radical (unpaired) electrons. The summed E-state index contributed by atoms with van der Waals surface area (Å²) >= 11 is 1.60. The number of nitrogens with zero attached hydrogens (tertiary/aromatic N) is 1. The van der Waals surface area contributed by atoms with Gasteiger partial charge in [-0.3, -0.25) is 0 Å². The minimum atomic E-state index is -1.10. The molecular weight excluding hydrogens is 266 g/mol. The average molecular weight is 278 g/mol. The predicted molar refractivity (Wildman–Crippen MR) is 72.2 cm³/mol. The van der Waals surface area contributed by atoms with Crippen LogP contribution in [0.5, 0.6) is 0 Å². The summed E-state index contributed by atoms with van der Waals surface area (Å²) in [6.07, 6.45) is 0.727. The average Bonchev–Trinajstić information content (AvgIpc) is 2.88. The maximum Gasteiger partial charge on any atom is 0.183 e. The van der Waals surface area contributed by atoms with Crippen molar-refractivity contribution in [2.24, 2.45) is 0 Å². The third kappa shape index (κ3) is 3.09. The van der Waals surface area contributed by atoms with E-state index in [0.717, 1.165) is 12.0 Å². The highest BCUT2D eigenvalue weighted by atomic mass is 32.1. The summed E-state index contributed by atoms with van der Waals surface area (Å²) in [5, 5.41) is 15.5. The van der Waals surface area contributed by atoms with Gasteiger partial charge in [0.15, 0.2) is 11.6 Å². The topological polar surface area (TPSA) is 35.8 Å². The van der Waals surface area contributed by atoms with Gasteiger partial charge in [-0.25, -0.2) is 8.78 Å². The molecule has 0 spiro atoms. The van der Waals surface area contributed by atoms with E-state index in [-0.39, 0.29) is 17.3 Å². The number of thiophene rings is 1. The molecule has 1 atom stereocenters. The van der Waals surface area contributed by atoms with Gasteiger partial charge in [-0.05, 0) is 47.9 Å². The van der Waals surface area contributed by atoms with E-state index in [1.165, 1.54) is 12.1 Å². The Morgan fingerprint density at radius 3 is 2.74 bits per heavy atom. The molecule has 0 fully saturated rings. The van der Waals surface area contributed by atoms with Crippen LogP contribution in [0.3, 0.4) is 0 Å². The van der Waals surface area contributed by atoms with Crippen molar-refractivity contribution in [1.29, 1.82) is 5.26 Å². The second kappa shape index (κ2) is 5.81. The van der Waals surface area contributed by atoms with Crippen LogP contribution in [-0.2, 0) is 6.42 Å². The minimum Gasteiger partial charge on any atom is -0.380 e. The molecule has 0 aliphatic carbocycles. The van der Waals surface area contributed by atoms with Gasteiger partial charge < -0.3 is 5.32 Å². The Balaban J connectivity index is 2.11. The molecule has 0 saturated carbocycles. The number of rotatable bonds is 4. The Labute approximate surface area is 114 Å². The van der Waals surface area contributed by atoms with Crippen LogP contribution in [0.25, 0.3) is 0 Å². The summed E-state index contributed by atoms with van der Waals surface area (Å²) < 4.78 is 27.2. The van der Waals surface area contributed by atoms with E-state index < -0.39 is 11.6 Å². The van der Waals surface area contributed by atoms with Crippen LogP contribution >= 0.6 is 11.3 Å². The lowest BCUT2D eigenvalue weighted by Crippen LogP contribution is -2.19. The molecule has 98 valence electrons. The number of benzene rings is 1. The quantitative estimate of drug-likeness (QED) is 0.919. The lowest BCUT2D eigenvalue weighted by molar-refractivity contribution is 0.507. The normalized spacial score (nSPS) is 11.9. The molecule has 0 aliphatic rings. The number of hydrogen-bond donors (Lipinski definition) is 1. The highest BCUT2D eigenvalue weighted by molar-refractivity contribution is 7.07. The molecular formula is C14H12F2N2S. The van der Waals surface area contributed by atoms with Crippen LogP contribution < -0.4 is 5.32 Å². The van der Waals surface area contributed by atoms with E-state index in [9.17, 15) is 8.78 Å². The molecule has 19 heavy (non-hydrogen) atoms. The van der Waals surface area contributed by atoms with Crippen molar-refractivity contribution in [2.45, 2.75) is 19.4 Å². The van der Waals surface area contributed by atoms with Crippen molar-refractivity contribution < 1.29 is 8.78 Å². The minimum absolute atomic E-state index is 0.0311. The summed E-state index contributed by atoms with van der Waals surface area (Å²) in [5.74, 6) is -2.11. The van der Waals surface area contributed by atoms with Gasteiger partial charge in [0.05, 0.1) is 11.3 Å². The van der Waals surface area contributed by atoms with Crippen LogP contribution in [0.1, 0.15) is 18.1 Å². The first-order valence-corrected chi connectivity index (χ1v) is 6.71. The summed E-state index contributed by atoms with van der Waals surface area (Å²) in [4.78, 5) is 0. The maximum absolute atomic E-state index is 13.7. The first-order valence-electron chi connectivity index (χ1n) is 5.77. The molecule has 2 nitrogen and oxygen atoms in total. The third-order valence-corrected chi connectivity index (χ3v) is 3.46. The molecule has 1 aromatic heterocycles. The Morgan fingerprint density at radius 2 is 2.11 bits per heavy atom. The van der Waals surface area contributed by atoms with Crippen molar-refractivity contribution >= 4 is 17.0 Å². The van der Waals surface area contributed by atoms with Gasteiger partial charge >= 0.3 is 0 Å². The van der Waals surface area contributed by atoms with E-state index in [1.807, 2.05) is 23.8 Å². The van der Waals surface area contributed by atoms with Gasteiger partial charge in [-0.2, -0.15) is 16.6 Å². The zero-order valence-corrected chi connectivity index (χ0v) is 11.1. The summed E-state index contributed by atoms with van der Waals surface area (Å²) in [6.45, 7) is 1.90. The Hall–Kier alpha value is -1.93. The second-order valence-electron chi connectivity index (χ2n) is 4.28. The van der Waals surface area contributed by atoms with E-state index in [1.54, 1.807) is 17.4 Å². The van der Waals surface area contributed by atoms with E-state index in [0.29, 0.717) is 0 Å². The Bertz CT molecular complexity index is 603. The lowest BCUT2D eigenvalue weighted by atomic mass is 10.1. The number of hydrogen-bond acceptors (Lipinski definition) is 3. The number of halogens is 2. The van der Waals surface area contributed by atoms with Crippen molar-refractivity contribution in [3.8, 4) is 6.07 Å². The highest BCUT2D eigenvalue weighted by Gasteiger charge is 2.14. The van der Waals surface area contributed by atoms with Gasteiger partial charge in [0.1, 0.15) is 6.07 Å². The van der Waals surface area contributed by atoms with Crippen molar-refractivity contribution in [3.05, 3.63) is 51.7 Å². The van der Waals surface area contributed by atoms with Crippen LogP contribution in [0.4, 0.5) is 14.5 Å². The molecule has 0 aliphatic heterocycles. The van der Waals surface area contributed by atoms with E-state index in [2.05, 4.69) is 5.32 Å². The number of nitriles is 1. The molecule has 1 heterocycles. The number of nitrogens with one attached hydrogen (secondary N) is 1. The van der Waals surface area contributed by atoms with Gasteiger partial charge in [0.25, 0.3) is 0 Å². The maximum atomic E-state index is 13.7. The molecule has 1 N–H and O–H groups in total. The fourth-order valence-corrected chi connectivity index (χ4v) is 2.51. The molecule has 2 rings (SSSR count). The molecule has 5 heteroatoms. The van der Waals surface area contributed by atoms with Crippen molar-refractivity contribution in [3.63, 3.8) is 0 Å². The van der Waals surface area contributed by atoms with E-state index >= 15 is 0 Å². The summed E-state index contributed by atoms with van der Waals surface area (Å²) in [7, 11) is 0. The van der Waals surface area contributed by atoms with E-state index in [4.69, 9.17) is 5.26 Å². The molecule has 0 amide bonds. The molecule has 0 bridgehead atoms. The van der Waals surface area contributed by atoms with Crippen LogP contribution in [0.15, 0.2) is 29.0 Å². The third-order valence-electron chi connectivity index (χ3n) is 2.73. The molecule has 1 unspecified atom stereocenters. The van der Waals surface area contributed by atoms with Crippen LogP contribution in [0.2, 0.25) is 0 Å². The zero-order chi connectivity index (χ0) is 13.8. The fraction of sp³-hybridized carbons (Fsp3) is 0.214. The predicted octanol–water partition coefficient (Wildman–Crippen LogP) is 3.94.